The zero-order valence-electron chi connectivity index (χ0n) is 11.9. The summed E-state index contributed by atoms with van der Waals surface area (Å²) in [5, 5.41) is -0.580. The average molecular weight is 314 g/mol. The molecule has 0 bridgehead atoms. The highest BCUT2D eigenvalue weighted by Gasteiger charge is 2.25. The minimum Gasteiger partial charge on any atom is -0.462 e. The van der Waals surface area contributed by atoms with Crippen molar-refractivity contribution in [3.63, 3.8) is 0 Å². The zero-order chi connectivity index (χ0) is 16.6. The molecule has 0 amide bonds. The van der Waals surface area contributed by atoms with Gasteiger partial charge < -0.3 is 15.0 Å². The van der Waals surface area contributed by atoms with Crippen molar-refractivity contribution in [2.24, 2.45) is 0 Å². The summed E-state index contributed by atoms with van der Waals surface area (Å²) in [6.45, 7) is 3.24. The second-order valence-corrected chi connectivity index (χ2v) is 4.46. The number of carbonyl (C=O) groups excluding carboxylic acids is 1. The topological polar surface area (TPSA) is 74.3 Å². The summed E-state index contributed by atoms with van der Waals surface area (Å²) in [5.74, 6) is -5.90. The highest BCUT2D eigenvalue weighted by molar-refractivity contribution is 5.98. The molecule has 1 heterocycles. The van der Waals surface area contributed by atoms with Crippen LogP contribution in [0.15, 0.2) is 11.0 Å². The summed E-state index contributed by atoms with van der Waals surface area (Å²) in [4.78, 5) is 24.1. The number of hydrogen-bond acceptors (Lipinski definition) is 4. The van der Waals surface area contributed by atoms with Gasteiger partial charge >= 0.3 is 5.97 Å². The van der Waals surface area contributed by atoms with E-state index in [1.807, 2.05) is 0 Å². The number of benzene rings is 1. The third kappa shape index (κ3) is 2.20. The number of rotatable bonds is 3. The Bertz CT molecular complexity index is 831. The number of ether oxygens (including phenoxy) is 1. The van der Waals surface area contributed by atoms with Gasteiger partial charge in [-0.05, 0) is 13.8 Å². The predicted molar refractivity (Wildman–Crippen MR) is 74.1 cm³/mol. The third-order valence-electron chi connectivity index (χ3n) is 3.22. The molecule has 0 aliphatic carbocycles. The molecule has 2 aromatic rings. The summed E-state index contributed by atoms with van der Waals surface area (Å²) in [6.07, 6.45) is 1.04. The Balaban J connectivity index is 3.01. The van der Waals surface area contributed by atoms with E-state index in [2.05, 4.69) is 0 Å². The Morgan fingerprint density at radius 1 is 1.23 bits per heavy atom. The summed E-state index contributed by atoms with van der Waals surface area (Å²) < 4.78 is 47.0. The lowest BCUT2D eigenvalue weighted by Gasteiger charge is -2.14. The van der Waals surface area contributed by atoms with Crippen LogP contribution in [-0.2, 0) is 11.3 Å². The fourth-order valence-corrected chi connectivity index (χ4v) is 2.18. The Hall–Kier alpha value is -2.51. The van der Waals surface area contributed by atoms with Crippen LogP contribution in [0.4, 0.5) is 18.9 Å². The fourth-order valence-electron chi connectivity index (χ4n) is 2.18. The number of anilines is 1. The van der Waals surface area contributed by atoms with Crippen LogP contribution in [0.5, 0.6) is 0 Å². The maximum absolute atomic E-state index is 14.0. The van der Waals surface area contributed by atoms with Crippen LogP contribution in [0.3, 0.4) is 0 Å². The third-order valence-corrected chi connectivity index (χ3v) is 3.22. The highest BCUT2D eigenvalue weighted by atomic mass is 19.2. The van der Waals surface area contributed by atoms with Gasteiger partial charge in [-0.25, -0.2) is 18.0 Å². The van der Waals surface area contributed by atoms with Crippen molar-refractivity contribution >= 4 is 22.6 Å². The van der Waals surface area contributed by atoms with Gasteiger partial charge in [-0.1, -0.05) is 0 Å². The van der Waals surface area contributed by atoms with Crippen LogP contribution in [-0.4, -0.2) is 17.1 Å². The van der Waals surface area contributed by atoms with Crippen molar-refractivity contribution < 1.29 is 22.7 Å². The second kappa shape index (κ2) is 5.70. The molecule has 0 atom stereocenters. The Morgan fingerprint density at radius 2 is 1.86 bits per heavy atom. The fraction of sp³-hybridized carbons (Fsp3) is 0.286. The van der Waals surface area contributed by atoms with Crippen LogP contribution >= 0.6 is 0 Å². The van der Waals surface area contributed by atoms with Crippen molar-refractivity contribution in [2.75, 3.05) is 12.3 Å². The lowest BCUT2D eigenvalue weighted by atomic mass is 10.1. The number of esters is 1. The maximum Gasteiger partial charge on any atom is 0.343 e. The number of nitrogen functional groups attached to an aromatic ring is 1. The Labute approximate surface area is 123 Å². The molecule has 22 heavy (non-hydrogen) atoms. The molecule has 5 nitrogen and oxygen atoms in total. The molecule has 118 valence electrons. The predicted octanol–water partition coefficient (Wildman–Crippen LogP) is 2.20. The monoisotopic (exact) mass is 314 g/mol. The van der Waals surface area contributed by atoms with E-state index in [4.69, 9.17) is 10.5 Å². The molecule has 0 saturated heterocycles. The van der Waals surface area contributed by atoms with Gasteiger partial charge in [-0.15, -0.1) is 0 Å². The van der Waals surface area contributed by atoms with Crippen LogP contribution in [0.2, 0.25) is 0 Å². The van der Waals surface area contributed by atoms with Gasteiger partial charge in [0, 0.05) is 12.7 Å². The van der Waals surface area contributed by atoms with Crippen molar-refractivity contribution in [2.45, 2.75) is 20.4 Å². The van der Waals surface area contributed by atoms with Crippen molar-refractivity contribution in [1.29, 1.82) is 0 Å². The largest absolute Gasteiger partial charge is 0.462 e. The maximum atomic E-state index is 14.0. The Morgan fingerprint density at radius 3 is 2.41 bits per heavy atom. The smallest absolute Gasteiger partial charge is 0.343 e. The molecule has 0 fully saturated rings. The van der Waals surface area contributed by atoms with E-state index in [1.165, 1.54) is 0 Å². The van der Waals surface area contributed by atoms with E-state index in [1.54, 1.807) is 13.8 Å². The number of aryl methyl sites for hydroxylation is 1. The number of aromatic nitrogens is 1. The Kier molecular flexibility index (Phi) is 4.11. The van der Waals surface area contributed by atoms with Gasteiger partial charge in [-0.3, -0.25) is 4.79 Å². The van der Waals surface area contributed by atoms with Gasteiger partial charge in [0.25, 0.3) is 0 Å². The van der Waals surface area contributed by atoms with E-state index >= 15 is 0 Å². The number of hydrogen-bond donors (Lipinski definition) is 1. The van der Waals surface area contributed by atoms with Gasteiger partial charge in [0.2, 0.25) is 5.43 Å². The first-order valence-electron chi connectivity index (χ1n) is 6.51. The summed E-state index contributed by atoms with van der Waals surface area (Å²) >= 11 is 0. The molecule has 1 aromatic heterocycles. The number of halogens is 3. The minimum atomic E-state index is -1.77. The van der Waals surface area contributed by atoms with E-state index in [9.17, 15) is 22.8 Å². The first-order chi connectivity index (χ1) is 10.3. The number of carbonyl (C=O) groups is 1. The molecule has 0 saturated carbocycles. The molecular formula is C14H13F3N2O3. The van der Waals surface area contributed by atoms with E-state index in [0.29, 0.717) is 0 Å². The number of fused-ring (bicyclic) bond motifs is 1. The van der Waals surface area contributed by atoms with Gasteiger partial charge in [0.1, 0.15) is 5.56 Å². The molecule has 2 N–H and O–H groups in total. The number of nitrogens with two attached hydrogens (primary N) is 1. The van der Waals surface area contributed by atoms with Gasteiger partial charge in [-0.2, -0.15) is 0 Å². The summed E-state index contributed by atoms with van der Waals surface area (Å²) in [7, 11) is 0. The lowest BCUT2D eigenvalue weighted by Crippen LogP contribution is -2.23. The minimum absolute atomic E-state index is 0.0179. The standard InChI is InChI=1S/C14H13F3N2O3/c1-3-19-5-6(14(21)22-4-2)13(20)7-11(18)9(16)8(15)10(17)12(7)19/h5H,3-4,18H2,1-2H3. The lowest BCUT2D eigenvalue weighted by molar-refractivity contribution is 0.0524. The summed E-state index contributed by atoms with van der Waals surface area (Å²) in [5.41, 5.74) is 2.65. The molecule has 0 aliphatic heterocycles. The molecule has 8 heteroatoms. The molecule has 1 aromatic carbocycles. The highest BCUT2D eigenvalue weighted by Crippen LogP contribution is 2.28. The average Bonchev–Trinajstić information content (AvgIpc) is 2.50. The van der Waals surface area contributed by atoms with E-state index in [0.717, 1.165) is 10.8 Å². The van der Waals surface area contributed by atoms with E-state index in [-0.39, 0.29) is 13.2 Å². The molecular weight excluding hydrogens is 301 g/mol. The summed E-state index contributed by atoms with van der Waals surface area (Å²) in [6, 6.07) is 0. The van der Waals surface area contributed by atoms with Crippen molar-refractivity contribution in [3.8, 4) is 0 Å². The first-order valence-corrected chi connectivity index (χ1v) is 6.51. The van der Waals surface area contributed by atoms with Crippen molar-refractivity contribution in [3.05, 3.63) is 39.4 Å². The van der Waals surface area contributed by atoms with Crippen molar-refractivity contribution in [1.82, 2.24) is 4.57 Å². The molecule has 0 radical (unpaired) electrons. The quantitative estimate of drug-likeness (QED) is 0.535. The number of nitrogens with zero attached hydrogens (tertiary/aromatic N) is 1. The van der Waals surface area contributed by atoms with Crippen LogP contribution in [0.1, 0.15) is 24.2 Å². The normalized spacial score (nSPS) is 11.0. The first kappa shape index (κ1) is 15.9. The number of pyridine rings is 1. The second-order valence-electron chi connectivity index (χ2n) is 4.46. The van der Waals surface area contributed by atoms with Gasteiger partial charge in [0.15, 0.2) is 17.5 Å². The van der Waals surface area contributed by atoms with Gasteiger partial charge in [0.05, 0.1) is 23.2 Å². The zero-order valence-corrected chi connectivity index (χ0v) is 11.9. The molecule has 2 rings (SSSR count). The van der Waals surface area contributed by atoms with Crippen LogP contribution in [0, 0.1) is 17.5 Å². The van der Waals surface area contributed by atoms with E-state index < -0.39 is 51.0 Å². The molecule has 0 unspecified atom stereocenters. The van der Waals surface area contributed by atoms with Crippen LogP contribution < -0.4 is 11.2 Å². The SMILES string of the molecule is CCOC(=O)c1cn(CC)c2c(F)c(F)c(F)c(N)c2c1=O. The molecule has 0 spiro atoms. The molecule has 0 aliphatic rings. The van der Waals surface area contributed by atoms with Crippen LogP contribution in [0.25, 0.3) is 10.9 Å².